The molecule has 1 unspecified atom stereocenters. The molecule has 0 N–H and O–H groups in total. The van der Waals surface area contributed by atoms with Gasteiger partial charge in [0.15, 0.2) is 0 Å². The molecule has 0 spiro atoms. The van der Waals surface area contributed by atoms with Crippen molar-refractivity contribution in [1.82, 2.24) is 0 Å². The predicted octanol–water partition coefficient (Wildman–Crippen LogP) is 8.29. The van der Waals surface area contributed by atoms with Gasteiger partial charge in [0.25, 0.3) is 0 Å². The minimum absolute atomic E-state index is 0.0522. The van der Waals surface area contributed by atoms with E-state index >= 15 is 0 Å². The van der Waals surface area contributed by atoms with E-state index in [1.54, 1.807) is 6.08 Å². The number of esters is 1. The number of rotatable bonds is 16. The maximum atomic E-state index is 13.1. The molecular weight excluding hydrogens is 436 g/mol. The summed E-state index contributed by atoms with van der Waals surface area (Å²) in [7, 11) is 0. The Hall–Kier alpha value is -2.10. The first-order valence-corrected chi connectivity index (χ1v) is 13.4. The lowest BCUT2D eigenvalue weighted by molar-refractivity contribution is -0.165. The van der Waals surface area contributed by atoms with Crippen LogP contribution in [0.1, 0.15) is 106 Å². The number of carbonyl (C=O) groups excluding carboxylic acids is 2. The van der Waals surface area contributed by atoms with E-state index in [4.69, 9.17) is 9.47 Å². The molecule has 0 aliphatic heterocycles. The van der Waals surface area contributed by atoms with Crippen molar-refractivity contribution in [3.05, 3.63) is 35.9 Å². The highest BCUT2D eigenvalue weighted by Crippen LogP contribution is 2.49. The zero-order valence-corrected chi connectivity index (χ0v) is 23.6. The number of allylic oxidation sites excluding steroid dienone is 1. The van der Waals surface area contributed by atoms with E-state index < -0.39 is 5.41 Å². The van der Waals surface area contributed by atoms with Gasteiger partial charge in [0.1, 0.15) is 12.0 Å². The molecule has 1 aromatic carbocycles. The Bertz CT molecular complexity index is 783. The van der Waals surface area contributed by atoms with Gasteiger partial charge in [0, 0.05) is 0 Å². The largest absolute Gasteiger partial charge is 0.494 e. The van der Waals surface area contributed by atoms with Crippen LogP contribution in [-0.2, 0) is 14.3 Å². The molecule has 1 rings (SSSR count). The zero-order valence-electron chi connectivity index (χ0n) is 23.6. The first-order chi connectivity index (χ1) is 16.3. The lowest BCUT2D eigenvalue weighted by Crippen LogP contribution is -2.45. The minimum atomic E-state index is -0.507. The molecular formula is C31H50O4. The smallest absolute Gasteiger partial charge is 0.312 e. The summed E-state index contributed by atoms with van der Waals surface area (Å²) in [5, 5.41) is 0. The molecule has 0 fully saturated rings. The van der Waals surface area contributed by atoms with Gasteiger partial charge >= 0.3 is 5.97 Å². The molecule has 35 heavy (non-hydrogen) atoms. The fourth-order valence-corrected chi connectivity index (χ4v) is 4.01. The van der Waals surface area contributed by atoms with E-state index in [1.807, 2.05) is 24.3 Å². The van der Waals surface area contributed by atoms with Crippen molar-refractivity contribution in [2.45, 2.75) is 100 Å². The fraction of sp³-hybridized carbons (Fsp3) is 0.677. The van der Waals surface area contributed by atoms with Crippen molar-refractivity contribution >= 4 is 18.3 Å². The Morgan fingerprint density at radius 3 is 1.91 bits per heavy atom. The van der Waals surface area contributed by atoms with Crippen LogP contribution in [0.25, 0.3) is 6.08 Å². The topological polar surface area (TPSA) is 52.6 Å². The molecule has 0 aliphatic carbocycles. The summed E-state index contributed by atoms with van der Waals surface area (Å²) >= 11 is 0. The predicted molar refractivity (Wildman–Crippen MR) is 146 cm³/mol. The molecule has 0 radical (unpaired) electrons. The third-order valence-corrected chi connectivity index (χ3v) is 7.77. The summed E-state index contributed by atoms with van der Waals surface area (Å²) in [5.41, 5.74) is 0.390. The lowest BCUT2D eigenvalue weighted by atomic mass is 9.59. The molecule has 0 amide bonds. The maximum absolute atomic E-state index is 13.1. The Morgan fingerprint density at radius 2 is 1.40 bits per heavy atom. The Morgan fingerprint density at radius 1 is 0.857 bits per heavy atom. The third kappa shape index (κ3) is 10.6. The monoisotopic (exact) mass is 486 g/mol. The van der Waals surface area contributed by atoms with Crippen molar-refractivity contribution in [2.24, 2.45) is 22.2 Å². The van der Waals surface area contributed by atoms with E-state index in [9.17, 15) is 9.59 Å². The van der Waals surface area contributed by atoms with Crippen molar-refractivity contribution in [2.75, 3.05) is 13.2 Å². The van der Waals surface area contributed by atoms with E-state index in [-0.39, 0.29) is 16.8 Å². The lowest BCUT2D eigenvalue weighted by Gasteiger charge is -2.45. The Balaban J connectivity index is 2.25. The van der Waals surface area contributed by atoms with Gasteiger partial charge in [-0.3, -0.25) is 9.59 Å². The highest BCUT2D eigenvalue weighted by Gasteiger charge is 2.49. The van der Waals surface area contributed by atoms with Crippen molar-refractivity contribution in [1.29, 1.82) is 0 Å². The van der Waals surface area contributed by atoms with Crippen LogP contribution < -0.4 is 4.74 Å². The number of unbranched alkanes of at least 4 members (excludes halogenated alkanes) is 5. The highest BCUT2D eigenvalue weighted by molar-refractivity contribution is 5.77. The summed E-state index contributed by atoms with van der Waals surface area (Å²) in [6.45, 7) is 18.7. The first-order valence-electron chi connectivity index (χ1n) is 13.4. The number of aldehydes is 1. The second-order valence-corrected chi connectivity index (χ2v) is 12.1. The van der Waals surface area contributed by atoms with E-state index in [1.165, 1.54) is 6.08 Å². The second kappa shape index (κ2) is 14.5. The molecule has 4 nitrogen and oxygen atoms in total. The minimum Gasteiger partial charge on any atom is -0.494 e. The SMILES string of the molecule is CC(C)C(C)(C)CC(C)(C(=O)OCCCCCCCCOc1ccc(/C=C/C=O)cc1)C(C)(C)C. The number of benzene rings is 1. The summed E-state index contributed by atoms with van der Waals surface area (Å²) in [6.07, 6.45) is 11.3. The fourth-order valence-electron chi connectivity index (χ4n) is 4.01. The number of hydrogen-bond acceptors (Lipinski definition) is 4. The highest BCUT2D eigenvalue weighted by atomic mass is 16.5. The van der Waals surface area contributed by atoms with Crippen LogP contribution in [0.3, 0.4) is 0 Å². The van der Waals surface area contributed by atoms with Gasteiger partial charge in [0.05, 0.1) is 18.6 Å². The average molecular weight is 487 g/mol. The van der Waals surface area contributed by atoms with E-state index in [0.29, 0.717) is 19.1 Å². The van der Waals surface area contributed by atoms with Gasteiger partial charge in [0.2, 0.25) is 0 Å². The molecule has 1 atom stereocenters. The van der Waals surface area contributed by atoms with Crippen LogP contribution in [0.2, 0.25) is 0 Å². The molecule has 4 heteroatoms. The molecule has 0 bridgehead atoms. The average Bonchev–Trinajstić information content (AvgIpc) is 2.78. The van der Waals surface area contributed by atoms with Crippen LogP contribution in [0.4, 0.5) is 0 Å². The molecule has 0 heterocycles. The van der Waals surface area contributed by atoms with Gasteiger partial charge < -0.3 is 9.47 Å². The summed E-state index contributed by atoms with van der Waals surface area (Å²) in [6, 6.07) is 7.75. The Labute approximate surface area is 214 Å². The second-order valence-electron chi connectivity index (χ2n) is 12.1. The van der Waals surface area contributed by atoms with Crippen LogP contribution in [0.15, 0.2) is 30.3 Å². The molecule has 0 aliphatic rings. The normalized spacial score (nSPS) is 14.2. The van der Waals surface area contributed by atoms with Crippen molar-refractivity contribution in [3.8, 4) is 5.75 Å². The van der Waals surface area contributed by atoms with Crippen molar-refractivity contribution < 1.29 is 19.1 Å². The number of hydrogen-bond donors (Lipinski definition) is 0. The van der Waals surface area contributed by atoms with Gasteiger partial charge in [-0.05, 0) is 66.7 Å². The summed E-state index contributed by atoms with van der Waals surface area (Å²) in [5.74, 6) is 1.30. The van der Waals surface area contributed by atoms with Gasteiger partial charge in [-0.15, -0.1) is 0 Å². The molecule has 0 saturated heterocycles. The molecule has 198 valence electrons. The number of ether oxygens (including phenoxy) is 2. The zero-order chi connectivity index (χ0) is 26.5. The Kier molecular flexibility index (Phi) is 12.8. The summed E-state index contributed by atoms with van der Waals surface area (Å²) < 4.78 is 11.6. The van der Waals surface area contributed by atoms with Gasteiger partial charge in [-0.25, -0.2) is 0 Å². The standard InChI is InChI=1S/C31H50O4/c1-25(2)30(6,7)24-31(8,29(3,4)5)28(33)35-23-14-12-10-9-11-13-22-34-27-19-17-26(18-20-27)16-15-21-32/h15-21,25H,9-14,22-24H2,1-8H3/b16-15+. The van der Waals surface area contributed by atoms with E-state index in [0.717, 1.165) is 62.5 Å². The molecule has 0 aromatic heterocycles. The van der Waals surface area contributed by atoms with Gasteiger partial charge in [-0.1, -0.05) is 92.4 Å². The van der Waals surface area contributed by atoms with Crippen LogP contribution in [-0.4, -0.2) is 25.5 Å². The maximum Gasteiger partial charge on any atom is 0.312 e. The first kappa shape index (κ1) is 30.9. The third-order valence-electron chi connectivity index (χ3n) is 7.77. The van der Waals surface area contributed by atoms with Crippen LogP contribution >= 0.6 is 0 Å². The quantitative estimate of drug-likeness (QED) is 0.102. The molecule has 1 aromatic rings. The molecule has 0 saturated carbocycles. The summed E-state index contributed by atoms with van der Waals surface area (Å²) in [4.78, 5) is 23.5. The van der Waals surface area contributed by atoms with Crippen LogP contribution in [0.5, 0.6) is 5.75 Å². The number of carbonyl (C=O) groups is 2. The van der Waals surface area contributed by atoms with Crippen LogP contribution in [0, 0.1) is 22.2 Å². The van der Waals surface area contributed by atoms with Gasteiger partial charge in [-0.2, -0.15) is 0 Å². The van der Waals surface area contributed by atoms with E-state index in [2.05, 4.69) is 55.4 Å². The van der Waals surface area contributed by atoms with Crippen molar-refractivity contribution in [3.63, 3.8) is 0 Å².